The molecule has 29 heavy (non-hydrogen) atoms. The molecule has 4 rings (SSSR count). The molecular weight excluding hydrogens is 394 g/mol. The van der Waals surface area contributed by atoms with Gasteiger partial charge in [0.2, 0.25) is 0 Å². The van der Waals surface area contributed by atoms with Gasteiger partial charge in [-0.2, -0.15) is 0 Å². The molecular formula is C21H22ClN3O4. The Morgan fingerprint density at radius 3 is 2.38 bits per heavy atom. The number of fused-ring (bicyclic) bond motifs is 1. The van der Waals surface area contributed by atoms with Crippen LogP contribution >= 0.6 is 12.4 Å². The van der Waals surface area contributed by atoms with E-state index in [9.17, 15) is 19.5 Å². The van der Waals surface area contributed by atoms with Gasteiger partial charge in [-0.05, 0) is 29.8 Å². The van der Waals surface area contributed by atoms with Crippen molar-refractivity contribution in [3.05, 3.63) is 70.8 Å². The highest BCUT2D eigenvalue weighted by atomic mass is 35.5. The summed E-state index contributed by atoms with van der Waals surface area (Å²) in [5.41, 5.74) is 1.97. The molecule has 2 aliphatic heterocycles. The molecule has 3 amide bonds. The van der Waals surface area contributed by atoms with E-state index in [4.69, 9.17) is 0 Å². The van der Waals surface area contributed by atoms with Crippen molar-refractivity contribution >= 4 is 30.1 Å². The van der Waals surface area contributed by atoms with Gasteiger partial charge in [-0.25, -0.2) is 0 Å². The van der Waals surface area contributed by atoms with Crippen molar-refractivity contribution in [1.82, 2.24) is 15.5 Å². The monoisotopic (exact) mass is 415 g/mol. The fourth-order valence-corrected chi connectivity index (χ4v) is 3.63. The smallest absolute Gasteiger partial charge is 0.261 e. The third-order valence-electron chi connectivity index (χ3n) is 5.24. The van der Waals surface area contributed by atoms with Gasteiger partial charge in [0, 0.05) is 31.1 Å². The van der Waals surface area contributed by atoms with Crippen LogP contribution in [0.2, 0.25) is 0 Å². The lowest BCUT2D eigenvalue weighted by Crippen LogP contribution is -2.34. The van der Waals surface area contributed by atoms with Crippen LogP contribution in [0.4, 0.5) is 0 Å². The summed E-state index contributed by atoms with van der Waals surface area (Å²) in [6.45, 7) is 1.70. The summed E-state index contributed by atoms with van der Waals surface area (Å²) in [5.74, 6) is -0.898. The molecule has 0 bridgehead atoms. The summed E-state index contributed by atoms with van der Waals surface area (Å²) in [6, 6.07) is 13.6. The summed E-state index contributed by atoms with van der Waals surface area (Å²) in [5, 5.41) is 15.7. The first-order chi connectivity index (χ1) is 13.5. The number of imide groups is 1. The highest BCUT2D eigenvalue weighted by molar-refractivity contribution is 6.21. The maximum Gasteiger partial charge on any atom is 0.261 e. The van der Waals surface area contributed by atoms with Crippen molar-refractivity contribution < 1.29 is 19.5 Å². The van der Waals surface area contributed by atoms with Crippen LogP contribution in [-0.2, 0) is 6.54 Å². The number of β-amino-alcohol motifs (C(OH)–C–C–N with tert-alkyl or cyclic N) is 1. The molecule has 8 heteroatoms. The molecule has 2 aromatic rings. The zero-order valence-corrected chi connectivity index (χ0v) is 16.4. The molecule has 0 radical (unpaired) electrons. The van der Waals surface area contributed by atoms with Crippen LogP contribution in [0.5, 0.6) is 0 Å². The topological polar surface area (TPSA) is 98.7 Å². The number of hydrogen-bond acceptors (Lipinski definition) is 5. The lowest BCUT2D eigenvalue weighted by molar-refractivity contribution is 0.0642. The first kappa shape index (κ1) is 21.0. The molecule has 0 aromatic heterocycles. The maximum atomic E-state index is 12.5. The third kappa shape index (κ3) is 4.17. The Morgan fingerprint density at radius 2 is 1.76 bits per heavy atom. The van der Waals surface area contributed by atoms with E-state index in [-0.39, 0.29) is 42.6 Å². The van der Waals surface area contributed by atoms with Gasteiger partial charge in [-0.15, -0.1) is 12.4 Å². The second kappa shape index (κ2) is 8.73. The Kier molecular flexibility index (Phi) is 6.32. The van der Waals surface area contributed by atoms with Crippen molar-refractivity contribution in [1.29, 1.82) is 0 Å². The zero-order valence-electron chi connectivity index (χ0n) is 15.6. The quantitative estimate of drug-likeness (QED) is 0.638. The van der Waals surface area contributed by atoms with E-state index in [1.54, 1.807) is 48.5 Å². The van der Waals surface area contributed by atoms with Gasteiger partial charge in [0.15, 0.2) is 0 Å². The minimum atomic E-state index is -0.458. The maximum absolute atomic E-state index is 12.5. The van der Waals surface area contributed by atoms with Crippen LogP contribution in [0, 0.1) is 5.92 Å². The van der Waals surface area contributed by atoms with Crippen molar-refractivity contribution in [3.8, 4) is 0 Å². The molecule has 1 saturated heterocycles. The molecule has 2 heterocycles. The highest BCUT2D eigenvalue weighted by Gasteiger charge is 2.35. The molecule has 2 unspecified atom stereocenters. The number of rotatable bonds is 5. The molecule has 0 aliphatic carbocycles. The number of amides is 3. The van der Waals surface area contributed by atoms with Crippen molar-refractivity contribution in [2.75, 3.05) is 19.6 Å². The van der Waals surface area contributed by atoms with E-state index in [0.717, 1.165) is 0 Å². The fraction of sp³-hybridized carbons (Fsp3) is 0.286. The van der Waals surface area contributed by atoms with Gasteiger partial charge in [0.25, 0.3) is 17.7 Å². The van der Waals surface area contributed by atoms with Gasteiger partial charge in [0.1, 0.15) is 0 Å². The van der Waals surface area contributed by atoms with E-state index in [1.807, 2.05) is 0 Å². The van der Waals surface area contributed by atoms with Crippen molar-refractivity contribution in [3.63, 3.8) is 0 Å². The normalized spacial score (nSPS) is 20.4. The van der Waals surface area contributed by atoms with Crippen LogP contribution < -0.4 is 10.6 Å². The Labute approximate surface area is 174 Å². The number of hydrogen-bond donors (Lipinski definition) is 3. The Morgan fingerprint density at radius 1 is 1.07 bits per heavy atom. The Balaban J connectivity index is 0.00000240. The average Bonchev–Trinajstić information content (AvgIpc) is 3.23. The summed E-state index contributed by atoms with van der Waals surface area (Å²) in [4.78, 5) is 38.7. The predicted octanol–water partition coefficient (Wildman–Crippen LogP) is 1.21. The number of halogens is 1. The minimum Gasteiger partial charge on any atom is -0.391 e. The third-order valence-corrected chi connectivity index (χ3v) is 5.24. The number of carbonyl (C=O) groups is 3. The zero-order chi connectivity index (χ0) is 19.7. The van der Waals surface area contributed by atoms with Crippen LogP contribution in [-0.4, -0.2) is 53.5 Å². The molecule has 2 atom stereocenters. The number of aliphatic hydroxyl groups excluding tert-OH is 1. The predicted molar refractivity (Wildman–Crippen MR) is 109 cm³/mol. The van der Waals surface area contributed by atoms with Crippen LogP contribution in [0.25, 0.3) is 0 Å². The summed E-state index contributed by atoms with van der Waals surface area (Å²) >= 11 is 0. The molecule has 0 saturated carbocycles. The number of benzene rings is 2. The SMILES string of the molecule is Cl.O=C(NCC1CNCC1O)c1cccc(CN2C(=O)c3ccccc3C2=O)c1. The van der Waals surface area contributed by atoms with Crippen molar-refractivity contribution in [2.45, 2.75) is 12.6 Å². The lowest BCUT2D eigenvalue weighted by atomic mass is 10.1. The number of aliphatic hydroxyl groups is 1. The number of carbonyl (C=O) groups excluding carboxylic acids is 3. The minimum absolute atomic E-state index is 0. The summed E-state index contributed by atoms with van der Waals surface area (Å²) in [6.07, 6.45) is -0.458. The van der Waals surface area contributed by atoms with E-state index in [2.05, 4.69) is 10.6 Å². The van der Waals surface area contributed by atoms with E-state index in [0.29, 0.717) is 41.9 Å². The second-order valence-electron chi connectivity index (χ2n) is 7.14. The van der Waals surface area contributed by atoms with Gasteiger partial charge in [-0.1, -0.05) is 24.3 Å². The van der Waals surface area contributed by atoms with E-state index >= 15 is 0 Å². The summed E-state index contributed by atoms with van der Waals surface area (Å²) in [7, 11) is 0. The van der Waals surface area contributed by atoms with Crippen LogP contribution in [0.3, 0.4) is 0 Å². The molecule has 0 spiro atoms. The van der Waals surface area contributed by atoms with Gasteiger partial charge < -0.3 is 15.7 Å². The Bertz CT molecular complexity index is 914. The van der Waals surface area contributed by atoms with Crippen molar-refractivity contribution in [2.24, 2.45) is 5.92 Å². The number of nitrogens with zero attached hydrogens (tertiary/aromatic N) is 1. The second-order valence-corrected chi connectivity index (χ2v) is 7.14. The molecule has 3 N–H and O–H groups in total. The van der Waals surface area contributed by atoms with E-state index < -0.39 is 6.10 Å². The van der Waals surface area contributed by atoms with Crippen LogP contribution in [0.1, 0.15) is 36.6 Å². The molecule has 2 aromatic carbocycles. The molecule has 152 valence electrons. The lowest BCUT2D eigenvalue weighted by Gasteiger charge is -2.16. The van der Waals surface area contributed by atoms with E-state index in [1.165, 1.54) is 4.90 Å². The van der Waals surface area contributed by atoms with Gasteiger partial charge >= 0.3 is 0 Å². The van der Waals surface area contributed by atoms with Gasteiger partial charge in [0.05, 0.1) is 23.8 Å². The van der Waals surface area contributed by atoms with Gasteiger partial charge in [-0.3, -0.25) is 19.3 Å². The number of nitrogens with one attached hydrogen (secondary N) is 2. The first-order valence-corrected chi connectivity index (χ1v) is 9.26. The summed E-state index contributed by atoms with van der Waals surface area (Å²) < 4.78 is 0. The average molecular weight is 416 g/mol. The largest absolute Gasteiger partial charge is 0.391 e. The molecule has 7 nitrogen and oxygen atoms in total. The molecule has 2 aliphatic rings. The fourth-order valence-electron chi connectivity index (χ4n) is 3.63. The van der Waals surface area contributed by atoms with Crippen LogP contribution in [0.15, 0.2) is 48.5 Å². The Hall–Kier alpha value is -2.74. The first-order valence-electron chi connectivity index (χ1n) is 9.26. The standard InChI is InChI=1S/C21H21N3O4.ClH/c25-18-11-22-9-15(18)10-23-19(26)14-5-3-4-13(8-14)12-24-20(27)16-6-1-2-7-17(16)21(24)28;/h1-8,15,18,22,25H,9-12H2,(H,23,26);1H. The highest BCUT2D eigenvalue weighted by Crippen LogP contribution is 2.24. The molecule has 1 fully saturated rings.